The molecule has 1 aromatic rings. The van der Waals surface area contributed by atoms with Crippen LogP contribution in [0.2, 0.25) is 0 Å². The maximum Gasteiger partial charge on any atom is 0.0433 e. The van der Waals surface area contributed by atoms with Gasteiger partial charge in [0.15, 0.2) is 0 Å². The molecule has 1 aromatic heterocycles. The minimum absolute atomic E-state index is 0.187. The zero-order chi connectivity index (χ0) is 10.6. The van der Waals surface area contributed by atoms with E-state index in [0.717, 1.165) is 13.0 Å². The third kappa shape index (κ3) is 2.56. The van der Waals surface area contributed by atoms with Crippen LogP contribution in [-0.2, 0) is 0 Å². The summed E-state index contributed by atoms with van der Waals surface area (Å²) in [6.45, 7) is 5.33. The Morgan fingerprint density at radius 2 is 2.29 bits per heavy atom. The van der Waals surface area contributed by atoms with E-state index in [0.29, 0.717) is 5.92 Å². The van der Waals surface area contributed by atoms with Crippen LogP contribution in [0.5, 0.6) is 0 Å². The van der Waals surface area contributed by atoms with Gasteiger partial charge in [-0.15, -0.1) is 11.3 Å². The summed E-state index contributed by atoms with van der Waals surface area (Å²) in [5, 5.41) is 5.33. The lowest BCUT2D eigenvalue weighted by molar-refractivity contribution is 0.406. The topological polar surface area (TPSA) is 38.0 Å². The second kappa shape index (κ2) is 5.49. The molecule has 80 valence electrons. The molecule has 0 amide bonds. The molecule has 0 bridgehead atoms. The lowest BCUT2D eigenvalue weighted by Crippen LogP contribution is -2.29. The van der Waals surface area contributed by atoms with Crippen molar-refractivity contribution in [2.75, 3.05) is 13.6 Å². The largest absolute Gasteiger partial charge is 0.323 e. The number of rotatable bonds is 5. The normalized spacial score (nSPS) is 15.4. The molecule has 0 aliphatic carbocycles. The van der Waals surface area contributed by atoms with Crippen molar-refractivity contribution < 1.29 is 0 Å². The van der Waals surface area contributed by atoms with Crippen molar-refractivity contribution in [3.8, 4) is 0 Å². The highest BCUT2D eigenvalue weighted by Crippen LogP contribution is 2.28. The second-order valence-corrected chi connectivity index (χ2v) is 4.67. The summed E-state index contributed by atoms with van der Waals surface area (Å²) in [4.78, 5) is 1.34. The maximum absolute atomic E-state index is 6.25. The molecular formula is C11H20N2S. The lowest BCUT2D eigenvalue weighted by Gasteiger charge is -2.22. The van der Waals surface area contributed by atoms with Crippen molar-refractivity contribution in [1.29, 1.82) is 0 Å². The maximum atomic E-state index is 6.25. The van der Waals surface area contributed by atoms with Crippen molar-refractivity contribution >= 4 is 11.3 Å². The SMILES string of the molecule is CCC(CNC)C(N)c1sccc1C. The monoisotopic (exact) mass is 212 g/mol. The zero-order valence-electron chi connectivity index (χ0n) is 9.21. The van der Waals surface area contributed by atoms with E-state index < -0.39 is 0 Å². The summed E-state index contributed by atoms with van der Waals surface area (Å²) in [5.74, 6) is 0.539. The van der Waals surface area contributed by atoms with Crippen LogP contribution in [0.4, 0.5) is 0 Å². The standard InChI is InChI=1S/C11H20N2S/c1-4-9(7-13-3)10(12)11-8(2)5-6-14-11/h5-6,9-10,13H,4,7,12H2,1-3H3. The molecule has 1 rings (SSSR count). The van der Waals surface area contributed by atoms with E-state index in [9.17, 15) is 0 Å². The Balaban J connectivity index is 2.72. The fraction of sp³-hybridized carbons (Fsp3) is 0.636. The Morgan fingerprint density at radius 1 is 1.57 bits per heavy atom. The van der Waals surface area contributed by atoms with Gasteiger partial charge in [0, 0.05) is 10.9 Å². The van der Waals surface area contributed by atoms with Crippen LogP contribution in [-0.4, -0.2) is 13.6 Å². The quantitative estimate of drug-likeness (QED) is 0.786. The third-order valence-electron chi connectivity index (χ3n) is 2.70. The zero-order valence-corrected chi connectivity index (χ0v) is 10.0. The Labute approximate surface area is 90.5 Å². The Morgan fingerprint density at radius 3 is 2.71 bits per heavy atom. The van der Waals surface area contributed by atoms with Gasteiger partial charge in [0.2, 0.25) is 0 Å². The van der Waals surface area contributed by atoms with Gasteiger partial charge in [-0.3, -0.25) is 0 Å². The van der Waals surface area contributed by atoms with Gasteiger partial charge in [-0.05, 0) is 43.4 Å². The minimum atomic E-state index is 0.187. The number of nitrogens with one attached hydrogen (secondary N) is 1. The van der Waals surface area contributed by atoms with Gasteiger partial charge < -0.3 is 11.1 Å². The third-order valence-corrected chi connectivity index (χ3v) is 3.82. The number of hydrogen-bond donors (Lipinski definition) is 2. The number of nitrogens with two attached hydrogens (primary N) is 1. The fourth-order valence-electron chi connectivity index (χ4n) is 1.73. The van der Waals surface area contributed by atoms with Gasteiger partial charge in [-0.2, -0.15) is 0 Å². The molecule has 0 aliphatic rings. The smallest absolute Gasteiger partial charge is 0.0433 e. The number of thiophene rings is 1. The highest BCUT2D eigenvalue weighted by atomic mass is 32.1. The highest BCUT2D eigenvalue weighted by molar-refractivity contribution is 7.10. The van der Waals surface area contributed by atoms with Crippen molar-refractivity contribution in [3.05, 3.63) is 21.9 Å². The van der Waals surface area contributed by atoms with Gasteiger partial charge in [-0.25, -0.2) is 0 Å². The van der Waals surface area contributed by atoms with E-state index in [4.69, 9.17) is 5.73 Å². The average molecular weight is 212 g/mol. The van der Waals surface area contributed by atoms with Crippen LogP contribution in [0.25, 0.3) is 0 Å². The molecule has 2 unspecified atom stereocenters. The van der Waals surface area contributed by atoms with E-state index in [-0.39, 0.29) is 6.04 Å². The van der Waals surface area contributed by atoms with E-state index in [1.54, 1.807) is 11.3 Å². The van der Waals surface area contributed by atoms with Crippen LogP contribution in [0.3, 0.4) is 0 Å². The summed E-state index contributed by atoms with van der Waals surface area (Å²) < 4.78 is 0. The predicted octanol–water partition coefficient (Wildman–Crippen LogP) is 2.30. The van der Waals surface area contributed by atoms with Crippen molar-refractivity contribution in [2.45, 2.75) is 26.3 Å². The van der Waals surface area contributed by atoms with E-state index in [2.05, 4.69) is 30.6 Å². The summed E-state index contributed by atoms with van der Waals surface area (Å²) >= 11 is 1.77. The molecule has 0 aliphatic heterocycles. The molecule has 1 heterocycles. The van der Waals surface area contributed by atoms with Gasteiger partial charge in [-0.1, -0.05) is 13.3 Å². The van der Waals surface area contributed by atoms with Gasteiger partial charge in [0.25, 0.3) is 0 Å². The van der Waals surface area contributed by atoms with Gasteiger partial charge in [0.05, 0.1) is 0 Å². The average Bonchev–Trinajstić information content (AvgIpc) is 2.59. The molecule has 2 atom stereocenters. The molecule has 0 spiro atoms. The predicted molar refractivity (Wildman–Crippen MR) is 63.7 cm³/mol. The van der Waals surface area contributed by atoms with Gasteiger partial charge in [0.1, 0.15) is 0 Å². The van der Waals surface area contributed by atoms with E-state index >= 15 is 0 Å². The first-order chi connectivity index (χ1) is 6.70. The fourth-order valence-corrected chi connectivity index (χ4v) is 2.75. The van der Waals surface area contributed by atoms with E-state index in [1.807, 2.05) is 7.05 Å². The molecule has 14 heavy (non-hydrogen) atoms. The Bertz CT molecular complexity index is 270. The molecule has 0 saturated carbocycles. The van der Waals surface area contributed by atoms with Gasteiger partial charge >= 0.3 is 0 Å². The van der Waals surface area contributed by atoms with Crippen LogP contribution in [0, 0.1) is 12.8 Å². The minimum Gasteiger partial charge on any atom is -0.323 e. The molecule has 0 radical (unpaired) electrons. The van der Waals surface area contributed by atoms with Crippen molar-refractivity contribution in [1.82, 2.24) is 5.32 Å². The molecule has 0 aromatic carbocycles. The summed E-state index contributed by atoms with van der Waals surface area (Å²) in [7, 11) is 1.98. The summed E-state index contributed by atoms with van der Waals surface area (Å²) in [5.41, 5.74) is 7.58. The Kier molecular flexibility index (Phi) is 4.58. The summed E-state index contributed by atoms with van der Waals surface area (Å²) in [6, 6.07) is 2.33. The number of hydrogen-bond acceptors (Lipinski definition) is 3. The molecule has 0 fully saturated rings. The van der Waals surface area contributed by atoms with Crippen LogP contribution in [0.1, 0.15) is 29.8 Å². The lowest BCUT2D eigenvalue weighted by atomic mass is 9.95. The van der Waals surface area contributed by atoms with E-state index in [1.165, 1.54) is 10.4 Å². The molecular weight excluding hydrogens is 192 g/mol. The van der Waals surface area contributed by atoms with Crippen LogP contribution >= 0.6 is 11.3 Å². The molecule has 0 saturated heterocycles. The first kappa shape index (κ1) is 11.7. The molecule has 3 heteroatoms. The van der Waals surface area contributed by atoms with Crippen LogP contribution in [0.15, 0.2) is 11.4 Å². The van der Waals surface area contributed by atoms with Crippen LogP contribution < -0.4 is 11.1 Å². The summed E-state index contributed by atoms with van der Waals surface area (Å²) in [6.07, 6.45) is 1.12. The molecule has 3 N–H and O–H groups in total. The van der Waals surface area contributed by atoms with Crippen molar-refractivity contribution in [2.24, 2.45) is 11.7 Å². The molecule has 2 nitrogen and oxygen atoms in total. The first-order valence-corrected chi connectivity index (χ1v) is 6.02. The number of aryl methyl sites for hydroxylation is 1. The first-order valence-electron chi connectivity index (χ1n) is 5.14. The highest BCUT2D eigenvalue weighted by Gasteiger charge is 2.19. The second-order valence-electron chi connectivity index (χ2n) is 3.72. The van der Waals surface area contributed by atoms with Crippen molar-refractivity contribution in [3.63, 3.8) is 0 Å². The Hall–Kier alpha value is -0.380.